The Morgan fingerprint density at radius 1 is 1.17 bits per heavy atom. The molecule has 0 bridgehead atoms. The van der Waals surface area contributed by atoms with Crippen molar-refractivity contribution in [3.63, 3.8) is 0 Å². The van der Waals surface area contributed by atoms with Crippen molar-refractivity contribution in [1.82, 2.24) is 4.90 Å². The van der Waals surface area contributed by atoms with Crippen LogP contribution in [0.1, 0.15) is 41.6 Å². The summed E-state index contributed by atoms with van der Waals surface area (Å²) >= 11 is 0. The fraction of sp³-hybridized carbons (Fsp3) is 0.391. The Labute approximate surface area is 170 Å². The van der Waals surface area contributed by atoms with Crippen LogP contribution in [0.3, 0.4) is 0 Å². The molecule has 2 aromatic carbocycles. The van der Waals surface area contributed by atoms with Crippen molar-refractivity contribution in [2.75, 3.05) is 19.6 Å². The van der Waals surface area contributed by atoms with E-state index in [1.165, 1.54) is 5.56 Å². The van der Waals surface area contributed by atoms with Gasteiger partial charge in [0.05, 0.1) is 11.8 Å². The predicted octanol–water partition coefficient (Wildman–Crippen LogP) is 3.59. The Bertz CT molecular complexity index is 905. The second kappa shape index (κ2) is 8.74. The van der Waals surface area contributed by atoms with Gasteiger partial charge in [-0.15, -0.1) is 0 Å². The summed E-state index contributed by atoms with van der Waals surface area (Å²) in [5.41, 5.74) is 3.63. The minimum Gasteiger partial charge on any atom is -0.508 e. The maximum Gasteiger partial charge on any atom is 0.148 e. The lowest BCUT2D eigenvalue weighted by atomic mass is 9.89. The molecule has 1 aliphatic carbocycles. The highest BCUT2D eigenvalue weighted by Crippen LogP contribution is 2.36. The first-order valence-electron chi connectivity index (χ1n) is 10.2. The number of piperidine rings is 1. The molecule has 1 aliphatic heterocycles. The smallest absolute Gasteiger partial charge is 0.148 e. The van der Waals surface area contributed by atoms with Gasteiger partial charge >= 0.3 is 0 Å². The van der Waals surface area contributed by atoms with E-state index in [-0.39, 0.29) is 0 Å². The topological polar surface area (TPSA) is 74.2 Å². The van der Waals surface area contributed by atoms with Crippen LogP contribution < -0.4 is 5.84 Å². The molecule has 2 aliphatic rings. The van der Waals surface area contributed by atoms with E-state index < -0.39 is 12.2 Å². The van der Waals surface area contributed by atoms with Crippen LogP contribution in [-0.4, -0.2) is 47.6 Å². The number of phenols is 1. The zero-order chi connectivity index (χ0) is 20.2. The summed E-state index contributed by atoms with van der Waals surface area (Å²) in [6.45, 7) is 2.46. The molecule has 0 amide bonds. The van der Waals surface area contributed by atoms with Gasteiger partial charge in [-0.1, -0.05) is 36.4 Å². The number of aliphatic imine (C=N–C) groups is 1. The number of alkyl halides is 1. The van der Waals surface area contributed by atoms with Gasteiger partial charge in [0.2, 0.25) is 0 Å². The molecule has 0 unspecified atom stereocenters. The summed E-state index contributed by atoms with van der Waals surface area (Å²) in [5, 5.41) is 13.6. The van der Waals surface area contributed by atoms with E-state index in [4.69, 9.17) is 5.84 Å². The second-order valence-corrected chi connectivity index (χ2v) is 7.92. The summed E-state index contributed by atoms with van der Waals surface area (Å²) in [5.74, 6) is 6.35. The predicted molar refractivity (Wildman–Crippen MR) is 114 cm³/mol. The summed E-state index contributed by atoms with van der Waals surface area (Å²) in [4.78, 5) is 6.76. The number of hydrazone groups is 1. The van der Waals surface area contributed by atoms with Crippen molar-refractivity contribution in [2.24, 2.45) is 15.9 Å². The van der Waals surface area contributed by atoms with Crippen LogP contribution in [0.5, 0.6) is 5.75 Å². The highest BCUT2D eigenvalue weighted by atomic mass is 19.1. The van der Waals surface area contributed by atoms with E-state index in [0.29, 0.717) is 30.3 Å². The van der Waals surface area contributed by atoms with E-state index >= 15 is 0 Å². The summed E-state index contributed by atoms with van der Waals surface area (Å²) in [6.07, 6.45) is 3.22. The molecule has 3 N–H and O–H groups in total. The standard InChI is InChI=1S/C23H27FN4O/c24-23-21-7-2-1-4-18(21)13-22(23)26-14-19(27-25)15-28-10-8-16(9-11-28)17-5-3-6-20(29)12-17/h1-7,12,14,16,22-23,29H,8-11,13,15,25H2/t22-,23-/m1/s1. The lowest BCUT2D eigenvalue weighted by molar-refractivity contribution is 0.239. The maximum absolute atomic E-state index is 14.6. The number of hydrogen-bond donors (Lipinski definition) is 2. The van der Waals surface area contributed by atoms with Crippen LogP contribution in [0.15, 0.2) is 58.6 Å². The Kier molecular flexibility index (Phi) is 5.90. The molecular formula is C23H27FN4O. The van der Waals surface area contributed by atoms with Crippen LogP contribution >= 0.6 is 0 Å². The Balaban J connectivity index is 1.31. The third-order valence-electron chi connectivity index (χ3n) is 6.01. The third-order valence-corrected chi connectivity index (χ3v) is 6.01. The average molecular weight is 394 g/mol. The van der Waals surface area contributed by atoms with Crippen LogP contribution in [-0.2, 0) is 6.42 Å². The number of nitrogens with zero attached hydrogens (tertiary/aromatic N) is 3. The fourth-order valence-corrected chi connectivity index (χ4v) is 4.38. The molecule has 4 rings (SSSR count). The quantitative estimate of drug-likeness (QED) is 0.462. The Hall–Kier alpha value is -2.73. The van der Waals surface area contributed by atoms with Crippen LogP contribution in [0.4, 0.5) is 4.39 Å². The maximum atomic E-state index is 14.6. The van der Waals surface area contributed by atoms with Crippen molar-refractivity contribution in [3.8, 4) is 5.75 Å². The molecule has 1 heterocycles. The van der Waals surface area contributed by atoms with Crippen molar-refractivity contribution in [2.45, 2.75) is 37.4 Å². The summed E-state index contributed by atoms with van der Waals surface area (Å²) in [7, 11) is 0. The number of benzene rings is 2. The van der Waals surface area contributed by atoms with E-state index in [1.807, 2.05) is 36.4 Å². The van der Waals surface area contributed by atoms with Crippen molar-refractivity contribution in [1.29, 1.82) is 0 Å². The van der Waals surface area contributed by atoms with Gasteiger partial charge in [-0.25, -0.2) is 4.39 Å². The van der Waals surface area contributed by atoms with E-state index in [0.717, 1.165) is 37.1 Å². The molecule has 152 valence electrons. The number of rotatable bonds is 5. The number of hydrogen-bond acceptors (Lipinski definition) is 5. The highest BCUT2D eigenvalue weighted by Gasteiger charge is 2.31. The Morgan fingerprint density at radius 3 is 2.69 bits per heavy atom. The number of aromatic hydroxyl groups is 1. The summed E-state index contributed by atoms with van der Waals surface area (Å²) < 4.78 is 14.6. The second-order valence-electron chi connectivity index (χ2n) is 7.92. The van der Waals surface area contributed by atoms with Crippen molar-refractivity contribution in [3.05, 3.63) is 65.2 Å². The van der Waals surface area contributed by atoms with Crippen molar-refractivity contribution < 1.29 is 9.50 Å². The molecule has 29 heavy (non-hydrogen) atoms. The lowest BCUT2D eigenvalue weighted by Gasteiger charge is -2.32. The fourth-order valence-electron chi connectivity index (χ4n) is 4.38. The number of nitrogens with two attached hydrogens (primary N) is 1. The van der Waals surface area contributed by atoms with E-state index in [9.17, 15) is 9.50 Å². The first-order chi connectivity index (χ1) is 14.1. The third kappa shape index (κ3) is 4.48. The van der Waals surface area contributed by atoms with E-state index in [1.54, 1.807) is 12.3 Å². The average Bonchev–Trinajstić information content (AvgIpc) is 3.07. The van der Waals surface area contributed by atoms with E-state index in [2.05, 4.69) is 21.1 Å². The monoisotopic (exact) mass is 394 g/mol. The number of fused-ring (bicyclic) bond motifs is 1. The van der Waals surface area contributed by atoms with Gasteiger partial charge in [-0.3, -0.25) is 9.89 Å². The zero-order valence-corrected chi connectivity index (χ0v) is 16.4. The van der Waals surface area contributed by atoms with Crippen LogP contribution in [0.25, 0.3) is 0 Å². The van der Waals surface area contributed by atoms with Gasteiger partial charge in [-0.2, -0.15) is 5.10 Å². The SMILES string of the molecule is NN=C(C=N[C@@H]1Cc2ccccc2[C@H]1F)CN1CCC(c2cccc(O)c2)CC1. The number of phenolic OH excluding ortho intramolecular Hbond substituents is 1. The van der Waals surface area contributed by atoms with Crippen LogP contribution in [0, 0.1) is 0 Å². The molecule has 1 fully saturated rings. The lowest BCUT2D eigenvalue weighted by Crippen LogP contribution is -2.37. The molecular weight excluding hydrogens is 367 g/mol. The molecule has 2 aromatic rings. The first kappa shape index (κ1) is 19.6. The minimum absolute atomic E-state index is 0.318. The molecule has 0 aromatic heterocycles. The van der Waals surface area contributed by atoms with Gasteiger partial charge in [0.1, 0.15) is 11.9 Å². The molecule has 5 nitrogen and oxygen atoms in total. The van der Waals surface area contributed by atoms with Gasteiger partial charge in [-0.05, 0) is 67.1 Å². The molecule has 0 spiro atoms. The normalized spacial score (nSPS) is 23.6. The van der Waals surface area contributed by atoms with Gasteiger partial charge in [0.15, 0.2) is 0 Å². The molecule has 0 saturated carbocycles. The van der Waals surface area contributed by atoms with Gasteiger partial charge in [0.25, 0.3) is 0 Å². The number of likely N-dealkylation sites (tertiary alicyclic amines) is 1. The summed E-state index contributed by atoms with van der Waals surface area (Å²) in [6, 6.07) is 14.7. The zero-order valence-electron chi connectivity index (χ0n) is 16.4. The van der Waals surface area contributed by atoms with Gasteiger partial charge < -0.3 is 10.9 Å². The number of halogens is 1. The molecule has 1 saturated heterocycles. The van der Waals surface area contributed by atoms with Gasteiger partial charge in [0, 0.05) is 12.8 Å². The largest absolute Gasteiger partial charge is 0.508 e. The first-order valence-corrected chi connectivity index (χ1v) is 10.2. The molecule has 2 atom stereocenters. The van der Waals surface area contributed by atoms with Crippen LogP contribution in [0.2, 0.25) is 0 Å². The Morgan fingerprint density at radius 2 is 1.97 bits per heavy atom. The molecule has 0 radical (unpaired) electrons. The molecule has 6 heteroatoms. The minimum atomic E-state index is -1.07. The van der Waals surface area contributed by atoms with Crippen molar-refractivity contribution >= 4 is 11.9 Å². The highest BCUT2D eigenvalue weighted by molar-refractivity contribution is 6.31.